The number of hydrazine groups is 1. The van der Waals surface area contributed by atoms with E-state index in [1.54, 1.807) is 23.5 Å². The van der Waals surface area contributed by atoms with Crippen LogP contribution >= 0.6 is 33.9 Å². The molecule has 0 spiro atoms. The van der Waals surface area contributed by atoms with Crippen molar-refractivity contribution in [2.45, 2.75) is 18.8 Å². The highest BCUT2D eigenvalue weighted by Crippen LogP contribution is 2.26. The number of nitrogens with one attached hydrogen (secondary N) is 1. The van der Waals surface area contributed by atoms with Gasteiger partial charge in [0.1, 0.15) is 5.75 Å². The number of nitrogens with two attached hydrogens (primary N) is 1. The van der Waals surface area contributed by atoms with Crippen molar-refractivity contribution in [1.82, 2.24) is 5.43 Å². The third kappa shape index (κ3) is 5.13. The van der Waals surface area contributed by atoms with Crippen LogP contribution in [-0.2, 0) is 6.42 Å². The van der Waals surface area contributed by atoms with Gasteiger partial charge in [0.2, 0.25) is 0 Å². The summed E-state index contributed by atoms with van der Waals surface area (Å²) in [5, 5.41) is 2.01. The minimum atomic E-state index is -4.67. The van der Waals surface area contributed by atoms with Crippen molar-refractivity contribution in [3.05, 3.63) is 49.7 Å². The second-order valence-corrected chi connectivity index (χ2v) is 7.10. The lowest BCUT2D eigenvalue weighted by Crippen LogP contribution is -2.29. The monoisotopic (exact) mass is 428 g/mol. The van der Waals surface area contributed by atoms with Crippen molar-refractivity contribution in [3.63, 3.8) is 0 Å². The summed E-state index contributed by atoms with van der Waals surface area (Å²) in [4.78, 5) is 0. The van der Waals surface area contributed by atoms with Crippen LogP contribution in [0.15, 0.2) is 35.7 Å². The number of halogens is 4. The summed E-state index contributed by atoms with van der Waals surface area (Å²) in [6.07, 6.45) is -4.09. The van der Waals surface area contributed by atoms with E-state index in [1.165, 1.54) is 12.1 Å². The average molecular weight is 428 g/mol. The van der Waals surface area contributed by atoms with Crippen molar-refractivity contribution >= 4 is 33.9 Å². The standard InChI is InChI=1S/C13H12F3IN2OS/c14-13(15,16)20-10-3-1-8(2-4-10)5-11(19-18)9-6-12(17)21-7-9/h1-4,6-7,11,19H,5,18H2. The maximum Gasteiger partial charge on any atom is 0.573 e. The number of hydrogen-bond donors (Lipinski definition) is 2. The third-order valence-electron chi connectivity index (χ3n) is 2.79. The Kier molecular flexibility index (Phi) is 5.47. The highest BCUT2D eigenvalue weighted by atomic mass is 127. The fraction of sp³-hybridized carbons (Fsp3) is 0.231. The second kappa shape index (κ2) is 6.95. The van der Waals surface area contributed by atoms with Crippen LogP contribution in [0.2, 0.25) is 0 Å². The molecule has 21 heavy (non-hydrogen) atoms. The summed E-state index contributed by atoms with van der Waals surface area (Å²) in [5.74, 6) is 5.33. The van der Waals surface area contributed by atoms with Gasteiger partial charge in [-0.3, -0.25) is 11.3 Å². The Morgan fingerprint density at radius 1 is 1.29 bits per heavy atom. The molecule has 0 aliphatic carbocycles. The van der Waals surface area contributed by atoms with Gasteiger partial charge in [-0.2, -0.15) is 0 Å². The van der Waals surface area contributed by atoms with Gasteiger partial charge >= 0.3 is 6.36 Å². The number of ether oxygens (including phenoxy) is 1. The molecule has 0 saturated carbocycles. The highest BCUT2D eigenvalue weighted by molar-refractivity contribution is 14.1. The molecule has 3 N–H and O–H groups in total. The second-order valence-electron chi connectivity index (χ2n) is 4.30. The quantitative estimate of drug-likeness (QED) is 0.430. The molecule has 0 saturated heterocycles. The minimum absolute atomic E-state index is 0.0841. The summed E-state index contributed by atoms with van der Waals surface area (Å²) in [7, 11) is 0. The molecule has 114 valence electrons. The number of alkyl halides is 3. The Balaban J connectivity index is 2.05. The van der Waals surface area contributed by atoms with E-state index in [-0.39, 0.29) is 11.8 Å². The average Bonchev–Trinajstić information content (AvgIpc) is 2.82. The molecule has 0 aliphatic heterocycles. The van der Waals surface area contributed by atoms with E-state index in [4.69, 9.17) is 5.84 Å². The molecule has 1 heterocycles. The number of rotatable bonds is 5. The van der Waals surface area contributed by atoms with Gasteiger partial charge in [-0.05, 0) is 63.7 Å². The van der Waals surface area contributed by atoms with Gasteiger partial charge in [0.05, 0.1) is 8.93 Å². The van der Waals surface area contributed by atoms with Crippen LogP contribution < -0.4 is 16.0 Å². The van der Waals surface area contributed by atoms with Crippen molar-refractivity contribution in [1.29, 1.82) is 0 Å². The molecule has 0 fully saturated rings. The smallest absolute Gasteiger partial charge is 0.406 e. The topological polar surface area (TPSA) is 47.3 Å². The van der Waals surface area contributed by atoms with Gasteiger partial charge in [-0.15, -0.1) is 24.5 Å². The minimum Gasteiger partial charge on any atom is -0.406 e. The van der Waals surface area contributed by atoms with E-state index in [9.17, 15) is 13.2 Å². The Morgan fingerprint density at radius 2 is 1.95 bits per heavy atom. The van der Waals surface area contributed by atoms with Gasteiger partial charge in [0, 0.05) is 0 Å². The summed E-state index contributed by atoms with van der Waals surface area (Å²) in [6.45, 7) is 0. The van der Waals surface area contributed by atoms with Crippen molar-refractivity contribution in [2.24, 2.45) is 5.84 Å². The number of hydrogen-bond acceptors (Lipinski definition) is 4. The molecule has 1 unspecified atom stereocenters. The van der Waals surface area contributed by atoms with Gasteiger partial charge in [-0.25, -0.2) is 0 Å². The molecule has 8 heteroatoms. The molecule has 1 atom stereocenters. The van der Waals surface area contributed by atoms with Crippen LogP contribution in [0.3, 0.4) is 0 Å². The first-order valence-electron chi connectivity index (χ1n) is 5.92. The van der Waals surface area contributed by atoms with Crippen LogP contribution in [0.25, 0.3) is 0 Å². The molecule has 1 aromatic carbocycles. The lowest BCUT2D eigenvalue weighted by Gasteiger charge is -2.15. The Hall–Kier alpha value is -0.840. The first kappa shape index (κ1) is 16.5. The predicted octanol–water partition coefficient (Wildman–Crippen LogP) is 4.00. The van der Waals surface area contributed by atoms with Crippen LogP contribution in [0.1, 0.15) is 17.2 Å². The molecule has 1 aromatic heterocycles. The van der Waals surface area contributed by atoms with Crippen LogP contribution in [0, 0.1) is 2.88 Å². The highest BCUT2D eigenvalue weighted by Gasteiger charge is 2.30. The first-order chi connectivity index (χ1) is 9.87. The van der Waals surface area contributed by atoms with Crippen molar-refractivity contribution in [3.8, 4) is 5.75 Å². The van der Waals surface area contributed by atoms with Gasteiger partial charge in [0.25, 0.3) is 0 Å². The zero-order valence-corrected chi connectivity index (χ0v) is 13.6. The third-order valence-corrected chi connectivity index (χ3v) is 4.60. The van der Waals surface area contributed by atoms with Gasteiger partial charge in [-0.1, -0.05) is 12.1 Å². The van der Waals surface area contributed by atoms with Crippen LogP contribution in [-0.4, -0.2) is 6.36 Å². The largest absolute Gasteiger partial charge is 0.573 e. The van der Waals surface area contributed by atoms with E-state index in [2.05, 4.69) is 32.8 Å². The lowest BCUT2D eigenvalue weighted by atomic mass is 10.0. The van der Waals surface area contributed by atoms with Crippen LogP contribution in [0.4, 0.5) is 13.2 Å². The summed E-state index contributed by atoms with van der Waals surface area (Å²) >= 11 is 3.84. The summed E-state index contributed by atoms with van der Waals surface area (Å²) < 4.78 is 41.2. The Labute approximate surface area is 137 Å². The zero-order valence-electron chi connectivity index (χ0n) is 10.7. The molecule has 0 amide bonds. The van der Waals surface area contributed by atoms with Gasteiger partial charge < -0.3 is 4.74 Å². The van der Waals surface area contributed by atoms with Crippen LogP contribution in [0.5, 0.6) is 5.75 Å². The summed E-state index contributed by atoms with van der Waals surface area (Å²) in [6, 6.07) is 7.74. The van der Waals surface area contributed by atoms with Gasteiger partial charge in [0.15, 0.2) is 0 Å². The molecule has 2 rings (SSSR count). The maximum atomic E-state index is 12.1. The zero-order chi connectivity index (χ0) is 15.5. The van der Waals surface area contributed by atoms with E-state index in [1.807, 2.05) is 11.4 Å². The molecule has 0 aliphatic rings. The lowest BCUT2D eigenvalue weighted by molar-refractivity contribution is -0.274. The fourth-order valence-electron chi connectivity index (χ4n) is 1.84. The maximum absolute atomic E-state index is 12.1. The van der Waals surface area contributed by atoms with Crippen molar-refractivity contribution in [2.75, 3.05) is 0 Å². The van der Waals surface area contributed by atoms with Crippen molar-refractivity contribution < 1.29 is 17.9 Å². The number of benzene rings is 1. The fourth-order valence-corrected chi connectivity index (χ4v) is 3.27. The normalized spacial score (nSPS) is 13.2. The molecular formula is C13H12F3IN2OS. The van der Waals surface area contributed by atoms with E-state index >= 15 is 0 Å². The molecule has 0 radical (unpaired) electrons. The Morgan fingerprint density at radius 3 is 2.43 bits per heavy atom. The summed E-state index contributed by atoms with van der Waals surface area (Å²) in [5.41, 5.74) is 4.65. The van der Waals surface area contributed by atoms with E-state index in [0.29, 0.717) is 6.42 Å². The van der Waals surface area contributed by atoms with E-state index in [0.717, 1.165) is 14.0 Å². The molecule has 3 nitrogen and oxygen atoms in total. The first-order valence-corrected chi connectivity index (χ1v) is 7.88. The SMILES string of the molecule is NNC(Cc1ccc(OC(F)(F)F)cc1)c1csc(I)c1. The molecule has 0 bridgehead atoms. The molecular weight excluding hydrogens is 416 g/mol. The van der Waals surface area contributed by atoms with E-state index < -0.39 is 6.36 Å². The Bertz CT molecular complexity index is 586. The number of thiophene rings is 1. The predicted molar refractivity (Wildman–Crippen MR) is 83.9 cm³/mol. The molecule has 2 aromatic rings.